The van der Waals surface area contributed by atoms with E-state index in [1.807, 2.05) is 38.1 Å². The number of carbonyl (C=O) groups is 2. The predicted octanol–water partition coefficient (Wildman–Crippen LogP) is 1.15. The minimum absolute atomic E-state index is 0.0109. The van der Waals surface area contributed by atoms with Gasteiger partial charge in [-0.1, -0.05) is 18.2 Å². The van der Waals surface area contributed by atoms with Gasteiger partial charge in [0, 0.05) is 44.8 Å². The van der Waals surface area contributed by atoms with Crippen LogP contribution in [0.4, 0.5) is 5.69 Å². The van der Waals surface area contributed by atoms with Crippen molar-refractivity contribution in [1.29, 1.82) is 0 Å². The van der Waals surface area contributed by atoms with Crippen LogP contribution in [0.2, 0.25) is 0 Å². The second kappa shape index (κ2) is 7.54. The molecule has 0 spiro atoms. The van der Waals surface area contributed by atoms with E-state index in [0.29, 0.717) is 19.5 Å². The van der Waals surface area contributed by atoms with Crippen LogP contribution in [0.25, 0.3) is 0 Å². The molecule has 2 aliphatic rings. The first-order chi connectivity index (χ1) is 12.0. The molecular weight excluding hydrogens is 318 g/mol. The molecular formula is C19H27N3O3. The smallest absolute Gasteiger partial charge is 0.237 e. The van der Waals surface area contributed by atoms with Gasteiger partial charge in [0.05, 0.1) is 18.6 Å². The molecule has 0 bridgehead atoms. The Balaban J connectivity index is 1.48. The normalized spacial score (nSPS) is 19.8. The zero-order valence-electron chi connectivity index (χ0n) is 15.1. The van der Waals surface area contributed by atoms with Gasteiger partial charge >= 0.3 is 0 Å². The third-order valence-corrected chi connectivity index (χ3v) is 5.06. The molecule has 0 radical (unpaired) electrons. The number of morpholine rings is 1. The molecule has 0 atom stereocenters. The van der Waals surface area contributed by atoms with Crippen LogP contribution < -0.4 is 10.2 Å². The van der Waals surface area contributed by atoms with Crippen molar-refractivity contribution in [2.75, 3.05) is 50.8 Å². The van der Waals surface area contributed by atoms with Crippen LogP contribution in [-0.2, 0) is 19.7 Å². The third-order valence-electron chi connectivity index (χ3n) is 5.06. The van der Waals surface area contributed by atoms with Crippen LogP contribution in [0, 0.1) is 0 Å². The van der Waals surface area contributed by atoms with Crippen molar-refractivity contribution < 1.29 is 14.3 Å². The van der Waals surface area contributed by atoms with Gasteiger partial charge in [-0.3, -0.25) is 14.5 Å². The molecule has 0 aromatic heterocycles. The van der Waals surface area contributed by atoms with Crippen LogP contribution in [0.3, 0.4) is 0 Å². The number of rotatable bonds is 6. The third kappa shape index (κ3) is 3.85. The van der Waals surface area contributed by atoms with Crippen LogP contribution in [-0.4, -0.2) is 62.7 Å². The number of amides is 2. The number of nitrogens with zero attached hydrogens (tertiary/aromatic N) is 2. The summed E-state index contributed by atoms with van der Waals surface area (Å²) in [4.78, 5) is 28.9. The van der Waals surface area contributed by atoms with E-state index in [4.69, 9.17) is 4.74 Å². The molecule has 0 saturated carbocycles. The topological polar surface area (TPSA) is 61.9 Å². The zero-order valence-corrected chi connectivity index (χ0v) is 15.1. The van der Waals surface area contributed by atoms with E-state index in [1.54, 1.807) is 4.90 Å². The molecule has 0 aliphatic carbocycles. The minimum atomic E-state index is -0.524. The Morgan fingerprint density at radius 2 is 1.92 bits per heavy atom. The standard InChI is InChI=1S/C19H27N3O3/c1-19(2)15-5-3-4-6-16(15)22(18(19)24)9-7-17(23)20-8-10-21-11-13-25-14-12-21/h3-6H,7-14H2,1-2H3,(H,20,23). The second-order valence-electron chi connectivity index (χ2n) is 7.15. The van der Waals surface area contributed by atoms with Gasteiger partial charge in [-0.05, 0) is 25.5 Å². The Morgan fingerprint density at radius 1 is 1.20 bits per heavy atom. The summed E-state index contributed by atoms with van der Waals surface area (Å²) in [6.07, 6.45) is 0.319. The van der Waals surface area contributed by atoms with Crippen molar-refractivity contribution in [1.82, 2.24) is 10.2 Å². The first kappa shape index (κ1) is 17.9. The van der Waals surface area contributed by atoms with Crippen molar-refractivity contribution in [2.24, 2.45) is 0 Å². The van der Waals surface area contributed by atoms with E-state index in [-0.39, 0.29) is 11.8 Å². The van der Waals surface area contributed by atoms with Gasteiger partial charge in [0.2, 0.25) is 11.8 Å². The fourth-order valence-corrected chi connectivity index (χ4v) is 3.50. The summed E-state index contributed by atoms with van der Waals surface area (Å²) in [5, 5.41) is 2.95. The summed E-state index contributed by atoms with van der Waals surface area (Å²) in [5.74, 6) is 0.0538. The molecule has 1 saturated heterocycles. The maximum Gasteiger partial charge on any atom is 0.237 e. The number of ether oxygens (including phenoxy) is 1. The maximum atomic E-state index is 12.7. The van der Waals surface area contributed by atoms with E-state index < -0.39 is 5.41 Å². The molecule has 3 rings (SSSR count). The fraction of sp³-hybridized carbons (Fsp3) is 0.579. The van der Waals surface area contributed by atoms with Crippen molar-refractivity contribution in [3.05, 3.63) is 29.8 Å². The van der Waals surface area contributed by atoms with Gasteiger partial charge in [0.15, 0.2) is 0 Å². The summed E-state index contributed by atoms with van der Waals surface area (Å²) in [5.41, 5.74) is 1.44. The average Bonchev–Trinajstić information content (AvgIpc) is 2.81. The van der Waals surface area contributed by atoms with Crippen molar-refractivity contribution in [2.45, 2.75) is 25.7 Å². The number of nitrogens with one attached hydrogen (secondary N) is 1. The highest BCUT2D eigenvalue weighted by atomic mass is 16.5. The highest BCUT2D eigenvalue weighted by Gasteiger charge is 2.43. The molecule has 6 heteroatoms. The van der Waals surface area contributed by atoms with Gasteiger partial charge in [0.1, 0.15) is 0 Å². The molecule has 2 amide bonds. The molecule has 1 aromatic carbocycles. The van der Waals surface area contributed by atoms with Gasteiger partial charge in [-0.2, -0.15) is 0 Å². The SMILES string of the molecule is CC1(C)C(=O)N(CCC(=O)NCCN2CCOCC2)c2ccccc21. The number of hydrogen-bond acceptors (Lipinski definition) is 4. The summed E-state index contributed by atoms with van der Waals surface area (Å²) >= 11 is 0. The fourth-order valence-electron chi connectivity index (χ4n) is 3.50. The summed E-state index contributed by atoms with van der Waals surface area (Å²) < 4.78 is 5.31. The Kier molecular flexibility index (Phi) is 5.39. The quantitative estimate of drug-likeness (QED) is 0.840. The molecule has 1 N–H and O–H groups in total. The molecule has 1 fully saturated rings. The van der Waals surface area contributed by atoms with Gasteiger partial charge in [0.25, 0.3) is 0 Å². The lowest BCUT2D eigenvalue weighted by Crippen LogP contribution is -2.42. The number of benzene rings is 1. The minimum Gasteiger partial charge on any atom is -0.379 e. The number of anilines is 1. The van der Waals surface area contributed by atoms with E-state index in [1.165, 1.54) is 0 Å². The summed E-state index contributed by atoms with van der Waals surface area (Å²) in [7, 11) is 0. The van der Waals surface area contributed by atoms with E-state index in [2.05, 4.69) is 10.2 Å². The van der Waals surface area contributed by atoms with Crippen molar-refractivity contribution in [3.63, 3.8) is 0 Å². The Labute approximate surface area is 149 Å². The van der Waals surface area contributed by atoms with Crippen molar-refractivity contribution >= 4 is 17.5 Å². The number of hydrogen-bond donors (Lipinski definition) is 1. The molecule has 2 heterocycles. The molecule has 1 aromatic rings. The van der Waals surface area contributed by atoms with E-state index in [0.717, 1.165) is 44.1 Å². The average molecular weight is 345 g/mol. The lowest BCUT2D eigenvalue weighted by atomic mass is 9.86. The Hall–Kier alpha value is -1.92. The number of para-hydroxylation sites is 1. The highest BCUT2D eigenvalue weighted by molar-refractivity contribution is 6.07. The molecule has 6 nitrogen and oxygen atoms in total. The lowest BCUT2D eigenvalue weighted by molar-refractivity contribution is -0.122. The Bertz CT molecular complexity index is 639. The van der Waals surface area contributed by atoms with E-state index in [9.17, 15) is 9.59 Å². The predicted molar refractivity (Wildman–Crippen MR) is 96.7 cm³/mol. The summed E-state index contributed by atoms with van der Waals surface area (Å²) in [6, 6.07) is 7.84. The van der Waals surface area contributed by atoms with Crippen LogP contribution in [0.1, 0.15) is 25.8 Å². The maximum absolute atomic E-state index is 12.7. The highest BCUT2D eigenvalue weighted by Crippen LogP contribution is 2.41. The molecule has 136 valence electrons. The largest absolute Gasteiger partial charge is 0.379 e. The summed E-state index contributed by atoms with van der Waals surface area (Å²) in [6.45, 7) is 9.15. The first-order valence-electron chi connectivity index (χ1n) is 8.98. The van der Waals surface area contributed by atoms with Gasteiger partial charge in [-0.25, -0.2) is 0 Å². The lowest BCUT2D eigenvalue weighted by Gasteiger charge is -2.26. The van der Waals surface area contributed by atoms with Crippen molar-refractivity contribution in [3.8, 4) is 0 Å². The second-order valence-corrected chi connectivity index (χ2v) is 7.15. The molecule has 25 heavy (non-hydrogen) atoms. The number of carbonyl (C=O) groups excluding carboxylic acids is 2. The zero-order chi connectivity index (χ0) is 17.9. The molecule has 0 unspecified atom stereocenters. The Morgan fingerprint density at radius 3 is 2.68 bits per heavy atom. The van der Waals surface area contributed by atoms with Crippen LogP contribution >= 0.6 is 0 Å². The monoisotopic (exact) mass is 345 g/mol. The van der Waals surface area contributed by atoms with Crippen LogP contribution in [0.15, 0.2) is 24.3 Å². The van der Waals surface area contributed by atoms with E-state index >= 15 is 0 Å². The van der Waals surface area contributed by atoms with Gasteiger partial charge in [-0.15, -0.1) is 0 Å². The first-order valence-corrected chi connectivity index (χ1v) is 8.98. The number of fused-ring (bicyclic) bond motifs is 1. The van der Waals surface area contributed by atoms with Crippen LogP contribution in [0.5, 0.6) is 0 Å². The van der Waals surface area contributed by atoms with Gasteiger partial charge < -0.3 is 15.0 Å². The molecule has 2 aliphatic heterocycles.